The molecule has 0 spiro atoms. The Hall–Kier alpha value is -0.930. The van der Waals surface area contributed by atoms with Crippen molar-refractivity contribution in [3.05, 3.63) is 34.6 Å². The number of hydrogen-bond donors (Lipinski definition) is 1. The number of halogens is 2. The quantitative estimate of drug-likeness (QED) is 0.819. The highest BCUT2D eigenvalue weighted by Crippen LogP contribution is 2.26. The van der Waals surface area contributed by atoms with Crippen molar-refractivity contribution in [1.82, 2.24) is 5.32 Å². The van der Waals surface area contributed by atoms with Gasteiger partial charge in [0.1, 0.15) is 11.6 Å². The number of rotatable bonds is 1. The van der Waals surface area contributed by atoms with Crippen LogP contribution in [-0.2, 0) is 4.79 Å². The first-order chi connectivity index (χ1) is 7.56. The van der Waals surface area contributed by atoms with E-state index in [0.717, 1.165) is 5.56 Å². The van der Waals surface area contributed by atoms with E-state index in [9.17, 15) is 9.18 Å². The fourth-order valence-corrected chi connectivity index (χ4v) is 2.17. The second kappa shape index (κ2) is 4.52. The fourth-order valence-electron chi connectivity index (χ4n) is 2.06. The molecule has 86 valence electrons. The van der Waals surface area contributed by atoms with Crippen LogP contribution in [0.5, 0.6) is 0 Å². The lowest BCUT2D eigenvalue weighted by Crippen LogP contribution is -2.38. The molecule has 2 atom stereocenters. The van der Waals surface area contributed by atoms with Crippen LogP contribution in [0, 0.1) is 5.82 Å². The highest BCUT2D eigenvalue weighted by molar-refractivity contribution is 6.30. The molecule has 0 aliphatic carbocycles. The molecule has 2 unspecified atom stereocenters. The van der Waals surface area contributed by atoms with E-state index < -0.39 is 5.82 Å². The van der Waals surface area contributed by atoms with Gasteiger partial charge in [-0.05, 0) is 24.6 Å². The Morgan fingerprint density at radius 2 is 2.19 bits per heavy atom. The van der Waals surface area contributed by atoms with Gasteiger partial charge in [0, 0.05) is 24.9 Å². The second-order valence-corrected chi connectivity index (χ2v) is 4.65. The summed E-state index contributed by atoms with van der Waals surface area (Å²) < 4.78 is 13.3. The second-order valence-electron chi connectivity index (χ2n) is 4.24. The minimum absolute atomic E-state index is 0.0944. The first-order valence-corrected chi connectivity index (χ1v) is 5.67. The van der Waals surface area contributed by atoms with E-state index in [2.05, 4.69) is 5.32 Å². The summed E-state index contributed by atoms with van der Waals surface area (Å²) in [6.07, 6.45) is 0.970. The van der Waals surface area contributed by atoms with Gasteiger partial charge in [0.2, 0.25) is 0 Å². The van der Waals surface area contributed by atoms with Crippen LogP contribution in [0.25, 0.3) is 0 Å². The van der Waals surface area contributed by atoms with Gasteiger partial charge < -0.3 is 5.32 Å². The summed E-state index contributed by atoms with van der Waals surface area (Å²) in [7, 11) is 0. The van der Waals surface area contributed by atoms with Crippen molar-refractivity contribution in [2.45, 2.75) is 31.8 Å². The molecule has 4 heteroatoms. The highest BCUT2D eigenvalue weighted by Gasteiger charge is 2.25. The van der Waals surface area contributed by atoms with Crippen molar-refractivity contribution >= 4 is 17.4 Å². The zero-order valence-corrected chi connectivity index (χ0v) is 9.72. The first kappa shape index (κ1) is 11.6. The number of nitrogens with one attached hydrogen (secondary N) is 1. The molecular weight excluding hydrogens is 229 g/mol. The van der Waals surface area contributed by atoms with Crippen LogP contribution >= 0.6 is 11.6 Å². The van der Waals surface area contributed by atoms with E-state index >= 15 is 0 Å². The summed E-state index contributed by atoms with van der Waals surface area (Å²) >= 11 is 5.61. The van der Waals surface area contributed by atoms with Crippen molar-refractivity contribution in [2.75, 3.05) is 0 Å². The van der Waals surface area contributed by atoms with E-state index in [1.807, 2.05) is 6.92 Å². The molecule has 0 saturated carbocycles. The molecule has 1 heterocycles. The highest BCUT2D eigenvalue weighted by atomic mass is 35.5. The predicted molar refractivity (Wildman–Crippen MR) is 61.0 cm³/mol. The SMILES string of the molecule is CC1CC(=O)CC(c2ccc(Cl)c(F)c2)N1. The zero-order valence-electron chi connectivity index (χ0n) is 8.97. The average Bonchev–Trinajstić information content (AvgIpc) is 2.20. The van der Waals surface area contributed by atoms with Crippen LogP contribution in [0.1, 0.15) is 31.4 Å². The van der Waals surface area contributed by atoms with Gasteiger partial charge in [-0.25, -0.2) is 4.39 Å². The van der Waals surface area contributed by atoms with E-state index in [1.54, 1.807) is 6.07 Å². The number of carbonyl (C=O) groups is 1. The van der Waals surface area contributed by atoms with Gasteiger partial charge in [-0.2, -0.15) is 0 Å². The lowest BCUT2D eigenvalue weighted by molar-refractivity contribution is -0.121. The summed E-state index contributed by atoms with van der Waals surface area (Å²) in [5, 5.41) is 3.39. The standard InChI is InChI=1S/C12H13ClFNO/c1-7-4-9(16)6-12(15-7)8-2-3-10(13)11(14)5-8/h2-3,5,7,12,15H,4,6H2,1H3. The Kier molecular flexibility index (Phi) is 3.26. The van der Waals surface area contributed by atoms with Crippen molar-refractivity contribution in [2.24, 2.45) is 0 Å². The Balaban J connectivity index is 2.23. The third-order valence-electron chi connectivity index (χ3n) is 2.80. The van der Waals surface area contributed by atoms with Crippen molar-refractivity contribution in [3.63, 3.8) is 0 Å². The van der Waals surface area contributed by atoms with Crippen LogP contribution in [0.3, 0.4) is 0 Å². The zero-order chi connectivity index (χ0) is 11.7. The smallest absolute Gasteiger partial charge is 0.142 e. The summed E-state index contributed by atoms with van der Waals surface area (Å²) in [6.45, 7) is 1.95. The van der Waals surface area contributed by atoms with Gasteiger partial charge in [0.25, 0.3) is 0 Å². The molecule has 16 heavy (non-hydrogen) atoms. The number of carbonyl (C=O) groups excluding carboxylic acids is 1. The van der Waals surface area contributed by atoms with Gasteiger partial charge in [-0.1, -0.05) is 17.7 Å². The third-order valence-corrected chi connectivity index (χ3v) is 3.10. The lowest BCUT2D eigenvalue weighted by Gasteiger charge is -2.28. The van der Waals surface area contributed by atoms with Crippen LogP contribution < -0.4 is 5.32 Å². The van der Waals surface area contributed by atoms with E-state index in [4.69, 9.17) is 11.6 Å². The average molecular weight is 242 g/mol. The van der Waals surface area contributed by atoms with E-state index in [1.165, 1.54) is 12.1 Å². The van der Waals surface area contributed by atoms with Crippen LogP contribution in [0.15, 0.2) is 18.2 Å². The number of ketones is 1. The molecule has 1 aromatic rings. The molecule has 0 radical (unpaired) electrons. The molecule has 1 fully saturated rings. The minimum atomic E-state index is -0.438. The molecule has 2 nitrogen and oxygen atoms in total. The Morgan fingerprint density at radius 1 is 1.44 bits per heavy atom. The number of piperidine rings is 1. The van der Waals surface area contributed by atoms with Gasteiger partial charge in [0.05, 0.1) is 5.02 Å². The largest absolute Gasteiger partial charge is 0.307 e. The van der Waals surface area contributed by atoms with Gasteiger partial charge >= 0.3 is 0 Å². The van der Waals surface area contributed by atoms with E-state index in [0.29, 0.717) is 12.8 Å². The maximum atomic E-state index is 13.3. The van der Waals surface area contributed by atoms with Gasteiger partial charge in [0.15, 0.2) is 0 Å². The summed E-state index contributed by atoms with van der Waals surface area (Å²) in [6, 6.07) is 4.73. The molecule has 1 aliphatic heterocycles. The minimum Gasteiger partial charge on any atom is -0.307 e. The summed E-state index contributed by atoms with van der Waals surface area (Å²) in [5.41, 5.74) is 0.779. The van der Waals surface area contributed by atoms with Crippen molar-refractivity contribution < 1.29 is 9.18 Å². The van der Waals surface area contributed by atoms with Crippen molar-refractivity contribution in [1.29, 1.82) is 0 Å². The van der Waals surface area contributed by atoms with Gasteiger partial charge in [-0.3, -0.25) is 4.79 Å². The fraction of sp³-hybridized carbons (Fsp3) is 0.417. The molecule has 0 bridgehead atoms. The van der Waals surface area contributed by atoms with Crippen LogP contribution in [-0.4, -0.2) is 11.8 Å². The monoisotopic (exact) mass is 241 g/mol. The molecule has 1 N–H and O–H groups in total. The molecule has 0 amide bonds. The first-order valence-electron chi connectivity index (χ1n) is 5.29. The topological polar surface area (TPSA) is 29.1 Å². The van der Waals surface area contributed by atoms with Crippen molar-refractivity contribution in [3.8, 4) is 0 Å². The predicted octanol–water partition coefficient (Wildman–Crippen LogP) is 2.86. The normalized spacial score (nSPS) is 25.8. The molecule has 1 aromatic carbocycles. The summed E-state index contributed by atoms with van der Waals surface area (Å²) in [4.78, 5) is 11.4. The molecule has 0 aromatic heterocycles. The number of benzene rings is 1. The summed E-state index contributed by atoms with van der Waals surface area (Å²) in [5.74, 6) is -0.224. The number of hydrogen-bond acceptors (Lipinski definition) is 2. The molecule has 1 aliphatic rings. The molecule has 1 saturated heterocycles. The van der Waals surface area contributed by atoms with E-state index in [-0.39, 0.29) is 22.9 Å². The van der Waals surface area contributed by atoms with Crippen LogP contribution in [0.4, 0.5) is 4.39 Å². The maximum Gasteiger partial charge on any atom is 0.142 e. The molecule has 2 rings (SSSR count). The maximum absolute atomic E-state index is 13.3. The Labute approximate surface area is 98.8 Å². The Morgan fingerprint density at radius 3 is 2.81 bits per heavy atom. The van der Waals surface area contributed by atoms with Crippen LogP contribution in [0.2, 0.25) is 5.02 Å². The lowest BCUT2D eigenvalue weighted by atomic mass is 9.93. The Bertz CT molecular complexity index is 421. The molecular formula is C12H13ClFNO. The number of Topliss-reactive ketones (excluding diaryl/α,β-unsaturated/α-hetero) is 1. The van der Waals surface area contributed by atoms with Gasteiger partial charge in [-0.15, -0.1) is 0 Å². The third kappa shape index (κ3) is 2.42.